The van der Waals surface area contributed by atoms with Crippen molar-refractivity contribution < 1.29 is 44.5 Å². The van der Waals surface area contributed by atoms with Crippen molar-refractivity contribution in [1.29, 1.82) is 0 Å². The van der Waals surface area contributed by atoms with Crippen molar-refractivity contribution in [2.75, 3.05) is 18.5 Å². The first kappa shape index (κ1) is 24.6. The summed E-state index contributed by atoms with van der Waals surface area (Å²) in [5.74, 6) is -0.232. The molecule has 0 radical (unpaired) electrons. The first-order valence-electron chi connectivity index (χ1n) is 11.2. The standard InChI is InChI=1S/C22H25N5O9/c28-6-11-14(29)17(32)22(36-11)34-7-12-15(30)16(31)21(35-12)27-9-25-13-18(23-8-24-19(13)27)26-20(33)10-4-2-1-3-5-10/h1-5,8-9,11-12,14-17,21-22,28-32H,6-7H2,(H,23,24,26,33)/t11-,12-,14-,15-,16-,17-,21-,22?/m1/s1. The Morgan fingerprint density at radius 2 is 1.72 bits per heavy atom. The summed E-state index contributed by atoms with van der Waals surface area (Å²) >= 11 is 0. The summed E-state index contributed by atoms with van der Waals surface area (Å²) in [6.45, 7) is -0.800. The van der Waals surface area contributed by atoms with Crippen LogP contribution in [-0.4, -0.2) is 107 Å². The van der Waals surface area contributed by atoms with Gasteiger partial charge < -0.3 is 45.1 Å². The molecule has 2 fully saturated rings. The van der Waals surface area contributed by atoms with Gasteiger partial charge >= 0.3 is 0 Å². The molecule has 2 aromatic heterocycles. The molecule has 1 amide bonds. The van der Waals surface area contributed by atoms with Crippen molar-refractivity contribution in [3.05, 3.63) is 48.5 Å². The molecule has 0 bridgehead atoms. The van der Waals surface area contributed by atoms with E-state index in [0.29, 0.717) is 5.56 Å². The molecular formula is C22H25N5O9. The second-order valence-electron chi connectivity index (χ2n) is 8.45. The second kappa shape index (κ2) is 10.1. The molecule has 5 rings (SSSR count). The van der Waals surface area contributed by atoms with Gasteiger partial charge in [-0.2, -0.15) is 0 Å². The van der Waals surface area contributed by atoms with Gasteiger partial charge in [-0.1, -0.05) is 18.2 Å². The summed E-state index contributed by atoms with van der Waals surface area (Å²) in [7, 11) is 0. The zero-order valence-electron chi connectivity index (χ0n) is 18.7. The molecule has 14 heteroatoms. The highest BCUT2D eigenvalue weighted by atomic mass is 16.7. The molecule has 0 spiro atoms. The molecule has 14 nitrogen and oxygen atoms in total. The van der Waals surface area contributed by atoms with Crippen LogP contribution in [0.25, 0.3) is 11.2 Å². The molecule has 4 heterocycles. The largest absolute Gasteiger partial charge is 0.394 e. The number of hydrogen-bond donors (Lipinski definition) is 6. The number of benzene rings is 1. The van der Waals surface area contributed by atoms with Crippen LogP contribution in [-0.2, 0) is 14.2 Å². The van der Waals surface area contributed by atoms with Crippen molar-refractivity contribution in [2.45, 2.75) is 49.1 Å². The minimum atomic E-state index is -1.40. The Morgan fingerprint density at radius 1 is 0.972 bits per heavy atom. The van der Waals surface area contributed by atoms with Crippen LogP contribution in [0, 0.1) is 0 Å². The van der Waals surface area contributed by atoms with E-state index in [9.17, 15) is 30.3 Å². The van der Waals surface area contributed by atoms with Crippen molar-refractivity contribution in [2.24, 2.45) is 0 Å². The van der Waals surface area contributed by atoms with Gasteiger partial charge in [-0.15, -0.1) is 0 Å². The number of nitrogens with one attached hydrogen (secondary N) is 1. The molecule has 0 saturated carbocycles. The van der Waals surface area contributed by atoms with Gasteiger partial charge in [0.15, 0.2) is 29.5 Å². The number of aliphatic hydroxyl groups excluding tert-OH is 5. The van der Waals surface area contributed by atoms with Gasteiger partial charge in [-0.25, -0.2) is 15.0 Å². The first-order chi connectivity index (χ1) is 17.4. The third-order valence-electron chi connectivity index (χ3n) is 6.16. The monoisotopic (exact) mass is 503 g/mol. The van der Waals surface area contributed by atoms with Crippen LogP contribution < -0.4 is 5.32 Å². The molecule has 3 aromatic rings. The molecule has 6 N–H and O–H groups in total. The van der Waals surface area contributed by atoms with Crippen LogP contribution in [0.3, 0.4) is 0 Å². The van der Waals surface area contributed by atoms with E-state index in [2.05, 4.69) is 20.3 Å². The van der Waals surface area contributed by atoms with Gasteiger partial charge in [0.2, 0.25) is 0 Å². The van der Waals surface area contributed by atoms with Crippen LogP contribution in [0.2, 0.25) is 0 Å². The average molecular weight is 503 g/mol. The number of anilines is 1. The summed E-state index contributed by atoms with van der Waals surface area (Å²) in [5.41, 5.74) is 0.923. The summed E-state index contributed by atoms with van der Waals surface area (Å²) < 4.78 is 17.9. The van der Waals surface area contributed by atoms with Crippen molar-refractivity contribution in [3.8, 4) is 0 Å². The van der Waals surface area contributed by atoms with Crippen LogP contribution in [0.5, 0.6) is 0 Å². The van der Waals surface area contributed by atoms with Crippen molar-refractivity contribution in [3.63, 3.8) is 0 Å². The first-order valence-corrected chi connectivity index (χ1v) is 11.2. The fraction of sp³-hybridized carbons (Fsp3) is 0.455. The number of fused-ring (bicyclic) bond motifs is 1. The van der Waals surface area contributed by atoms with Gasteiger partial charge in [-0.05, 0) is 12.1 Å². The highest BCUT2D eigenvalue weighted by molar-refractivity contribution is 6.06. The Morgan fingerprint density at radius 3 is 2.44 bits per heavy atom. The number of aromatic nitrogens is 4. The number of imidazole rings is 1. The summed E-state index contributed by atoms with van der Waals surface area (Å²) in [6, 6.07) is 8.56. The van der Waals surface area contributed by atoms with E-state index in [1.54, 1.807) is 30.3 Å². The molecule has 1 aromatic carbocycles. The Kier molecular flexibility index (Phi) is 6.92. The number of rotatable bonds is 7. The zero-order valence-corrected chi connectivity index (χ0v) is 18.7. The van der Waals surface area contributed by atoms with Crippen LogP contribution in [0.4, 0.5) is 5.82 Å². The molecule has 0 aliphatic carbocycles. The predicted octanol–water partition coefficient (Wildman–Crippen LogP) is -1.85. The number of aliphatic hydroxyl groups is 5. The molecule has 2 saturated heterocycles. The van der Waals surface area contributed by atoms with E-state index in [1.807, 2.05) is 0 Å². The van der Waals surface area contributed by atoms with Gasteiger partial charge in [0, 0.05) is 5.56 Å². The lowest BCUT2D eigenvalue weighted by molar-refractivity contribution is -0.190. The zero-order chi connectivity index (χ0) is 25.4. The van der Waals surface area contributed by atoms with E-state index in [4.69, 9.17) is 14.2 Å². The molecule has 8 atom stereocenters. The number of ether oxygens (including phenoxy) is 3. The predicted molar refractivity (Wildman–Crippen MR) is 119 cm³/mol. The molecule has 2 aliphatic heterocycles. The molecular weight excluding hydrogens is 478 g/mol. The Hall–Kier alpha value is -3.08. The average Bonchev–Trinajstić information content (AvgIpc) is 3.53. The second-order valence-corrected chi connectivity index (χ2v) is 8.45. The van der Waals surface area contributed by atoms with Crippen molar-refractivity contribution >= 4 is 22.9 Å². The van der Waals surface area contributed by atoms with Gasteiger partial charge in [0.1, 0.15) is 43.0 Å². The van der Waals surface area contributed by atoms with E-state index >= 15 is 0 Å². The lowest BCUT2D eigenvalue weighted by Gasteiger charge is -2.20. The number of carbonyl (C=O) groups excluding carboxylic acids is 1. The van der Waals surface area contributed by atoms with E-state index in [-0.39, 0.29) is 29.5 Å². The highest BCUT2D eigenvalue weighted by Crippen LogP contribution is 2.33. The minimum Gasteiger partial charge on any atom is -0.394 e. The smallest absolute Gasteiger partial charge is 0.256 e. The van der Waals surface area contributed by atoms with Crippen LogP contribution >= 0.6 is 0 Å². The normalized spacial score (nSPS) is 32.2. The van der Waals surface area contributed by atoms with Gasteiger partial charge in [0.25, 0.3) is 5.91 Å². The quantitative estimate of drug-likeness (QED) is 0.211. The summed E-state index contributed by atoms with van der Waals surface area (Å²) in [4.78, 5) is 25.1. The van der Waals surface area contributed by atoms with Gasteiger partial charge in [-0.3, -0.25) is 9.36 Å². The molecule has 36 heavy (non-hydrogen) atoms. The van der Waals surface area contributed by atoms with Crippen molar-refractivity contribution in [1.82, 2.24) is 19.5 Å². The number of nitrogens with zero attached hydrogens (tertiary/aromatic N) is 4. The van der Waals surface area contributed by atoms with Gasteiger partial charge in [0.05, 0.1) is 19.5 Å². The number of amides is 1. The highest BCUT2D eigenvalue weighted by Gasteiger charge is 2.47. The lowest BCUT2D eigenvalue weighted by Crippen LogP contribution is -2.38. The SMILES string of the molecule is O=C(Nc1ncnc2c1ncn2[C@@H]1O[C@H](COC2O[C@H](CO)[C@@H](O)[C@H]2O)[C@@H](O)[C@H]1O)c1ccccc1. The maximum absolute atomic E-state index is 12.5. The van der Waals surface area contributed by atoms with Crippen LogP contribution in [0.15, 0.2) is 43.0 Å². The summed E-state index contributed by atoms with van der Waals surface area (Å²) in [5, 5.41) is 52.9. The third-order valence-corrected chi connectivity index (χ3v) is 6.16. The number of hydrogen-bond acceptors (Lipinski definition) is 12. The Balaban J connectivity index is 1.30. The molecule has 192 valence electrons. The Labute approximate surface area is 203 Å². The Bertz CT molecular complexity index is 1210. The topological polar surface area (TPSA) is 202 Å². The maximum atomic E-state index is 12.5. The third kappa shape index (κ3) is 4.44. The minimum absolute atomic E-state index is 0.157. The molecule has 2 aliphatic rings. The van der Waals surface area contributed by atoms with E-state index in [0.717, 1.165) is 0 Å². The van der Waals surface area contributed by atoms with E-state index < -0.39 is 55.7 Å². The van der Waals surface area contributed by atoms with Crippen LogP contribution in [0.1, 0.15) is 16.6 Å². The maximum Gasteiger partial charge on any atom is 0.256 e. The fourth-order valence-electron chi connectivity index (χ4n) is 4.19. The number of carbonyl (C=O) groups is 1. The summed E-state index contributed by atoms with van der Waals surface area (Å²) in [6.07, 6.45) is -7.31. The lowest BCUT2D eigenvalue weighted by atomic mass is 10.1. The molecule has 1 unspecified atom stereocenters. The van der Waals surface area contributed by atoms with E-state index in [1.165, 1.54) is 17.2 Å². The fourth-order valence-corrected chi connectivity index (χ4v) is 4.19.